The molecular formula is C13H25N3O3S. The molecule has 2 N–H and O–H groups in total. The van der Waals surface area contributed by atoms with Crippen LogP contribution in [0.5, 0.6) is 0 Å². The van der Waals surface area contributed by atoms with Gasteiger partial charge in [-0.15, -0.1) is 0 Å². The number of rotatable bonds is 6. The molecule has 0 bridgehead atoms. The zero-order valence-electron chi connectivity index (χ0n) is 12.7. The van der Waals surface area contributed by atoms with Crippen LogP contribution in [0.25, 0.3) is 0 Å². The van der Waals surface area contributed by atoms with E-state index in [1.165, 1.54) is 5.01 Å². The van der Waals surface area contributed by atoms with Crippen molar-refractivity contribution >= 4 is 21.5 Å². The predicted octanol–water partition coefficient (Wildman–Crippen LogP) is 0.630. The maximum absolute atomic E-state index is 12.4. The molecule has 20 heavy (non-hydrogen) atoms. The van der Waals surface area contributed by atoms with Crippen molar-refractivity contribution in [1.82, 2.24) is 5.01 Å². The van der Waals surface area contributed by atoms with Crippen molar-refractivity contribution in [2.24, 2.45) is 22.2 Å². The lowest BCUT2D eigenvalue weighted by Gasteiger charge is -2.22. The molecule has 1 amide bonds. The zero-order valence-corrected chi connectivity index (χ0v) is 13.5. The summed E-state index contributed by atoms with van der Waals surface area (Å²) in [4.78, 5) is 12.4. The van der Waals surface area contributed by atoms with Gasteiger partial charge < -0.3 is 5.73 Å². The Bertz CT molecular complexity index is 491. The Hall–Kier alpha value is -0.950. The van der Waals surface area contributed by atoms with Gasteiger partial charge in [-0.25, -0.2) is 13.4 Å². The first-order chi connectivity index (χ1) is 9.06. The highest BCUT2D eigenvalue weighted by molar-refractivity contribution is 7.90. The number of nitrogens with zero attached hydrogens (tertiary/aromatic N) is 2. The quantitative estimate of drug-likeness (QED) is 0.779. The summed E-state index contributed by atoms with van der Waals surface area (Å²) in [6, 6.07) is 0. The average Bonchev–Trinajstić information content (AvgIpc) is 2.60. The molecule has 6 nitrogen and oxygen atoms in total. The van der Waals surface area contributed by atoms with Crippen LogP contribution in [0.3, 0.4) is 0 Å². The summed E-state index contributed by atoms with van der Waals surface area (Å²) in [7, 11) is -3.11. The van der Waals surface area contributed by atoms with Crippen LogP contribution < -0.4 is 5.73 Å². The Morgan fingerprint density at radius 1 is 1.35 bits per heavy atom. The minimum absolute atomic E-state index is 0.0662. The Kier molecular flexibility index (Phi) is 5.32. The second-order valence-corrected chi connectivity index (χ2v) is 8.57. The van der Waals surface area contributed by atoms with Gasteiger partial charge in [0.1, 0.15) is 9.84 Å². The molecule has 0 aromatic rings. The maximum Gasteiger partial charge on any atom is 0.251 e. The van der Waals surface area contributed by atoms with Crippen LogP contribution in [0, 0.1) is 11.3 Å². The summed E-state index contributed by atoms with van der Waals surface area (Å²) >= 11 is 0. The summed E-state index contributed by atoms with van der Waals surface area (Å²) in [6.45, 7) is 6.68. The Morgan fingerprint density at radius 2 is 1.95 bits per heavy atom. The highest BCUT2D eigenvalue weighted by atomic mass is 32.2. The monoisotopic (exact) mass is 303 g/mol. The van der Waals surface area contributed by atoms with Crippen LogP contribution in [-0.2, 0) is 14.6 Å². The van der Waals surface area contributed by atoms with E-state index in [9.17, 15) is 13.2 Å². The second kappa shape index (κ2) is 6.22. The third kappa shape index (κ3) is 4.56. The summed E-state index contributed by atoms with van der Waals surface area (Å²) < 4.78 is 22.4. The van der Waals surface area contributed by atoms with Gasteiger partial charge in [0.15, 0.2) is 0 Å². The lowest BCUT2D eigenvalue weighted by molar-refractivity contribution is -0.131. The molecule has 1 heterocycles. The van der Waals surface area contributed by atoms with Crippen molar-refractivity contribution in [1.29, 1.82) is 0 Å². The molecule has 0 saturated carbocycles. The van der Waals surface area contributed by atoms with Crippen LogP contribution in [0.2, 0.25) is 0 Å². The Morgan fingerprint density at radius 3 is 2.40 bits per heavy atom. The van der Waals surface area contributed by atoms with Crippen molar-refractivity contribution in [3.63, 3.8) is 0 Å². The third-order valence-corrected chi connectivity index (χ3v) is 4.17. The van der Waals surface area contributed by atoms with E-state index in [-0.39, 0.29) is 29.5 Å². The molecule has 0 fully saturated rings. The lowest BCUT2D eigenvalue weighted by Crippen LogP contribution is -2.33. The first-order valence-electron chi connectivity index (χ1n) is 6.84. The van der Waals surface area contributed by atoms with Crippen LogP contribution in [0.15, 0.2) is 5.10 Å². The summed E-state index contributed by atoms with van der Waals surface area (Å²) in [5, 5.41) is 5.68. The Labute approximate surface area is 121 Å². The number of sulfone groups is 1. The van der Waals surface area contributed by atoms with E-state index in [0.29, 0.717) is 13.0 Å². The first-order valence-corrected chi connectivity index (χ1v) is 8.90. The molecule has 1 aliphatic heterocycles. The van der Waals surface area contributed by atoms with E-state index in [4.69, 9.17) is 5.73 Å². The predicted molar refractivity (Wildman–Crippen MR) is 80.1 cm³/mol. The minimum atomic E-state index is -3.11. The van der Waals surface area contributed by atoms with Gasteiger partial charge in [0.05, 0.1) is 23.9 Å². The van der Waals surface area contributed by atoms with Crippen molar-refractivity contribution < 1.29 is 13.2 Å². The van der Waals surface area contributed by atoms with Crippen molar-refractivity contribution in [2.45, 2.75) is 33.6 Å². The average molecular weight is 303 g/mol. The third-order valence-electron chi connectivity index (χ3n) is 3.25. The van der Waals surface area contributed by atoms with E-state index in [1.807, 2.05) is 20.8 Å². The molecule has 0 saturated heterocycles. The number of carbonyl (C=O) groups is 1. The highest BCUT2D eigenvalue weighted by Gasteiger charge is 2.40. The number of hydrazone groups is 1. The summed E-state index contributed by atoms with van der Waals surface area (Å²) in [6.07, 6.45) is 2.58. The maximum atomic E-state index is 12.4. The number of hydrogen-bond donors (Lipinski definition) is 1. The number of hydrogen-bond acceptors (Lipinski definition) is 5. The van der Waals surface area contributed by atoms with Gasteiger partial charge in [0, 0.05) is 11.7 Å². The van der Waals surface area contributed by atoms with Gasteiger partial charge in [-0.2, -0.15) is 5.10 Å². The molecule has 0 aromatic carbocycles. The Balaban J connectivity index is 2.89. The van der Waals surface area contributed by atoms with E-state index < -0.39 is 9.84 Å². The minimum Gasteiger partial charge on any atom is -0.330 e. The van der Waals surface area contributed by atoms with Gasteiger partial charge in [-0.3, -0.25) is 4.79 Å². The molecule has 0 aliphatic carbocycles. The zero-order chi connectivity index (χ0) is 15.6. The van der Waals surface area contributed by atoms with E-state index in [1.54, 1.807) is 0 Å². The summed E-state index contributed by atoms with van der Waals surface area (Å²) in [5.41, 5.74) is 6.12. The topological polar surface area (TPSA) is 92.8 Å². The van der Waals surface area contributed by atoms with Crippen LogP contribution >= 0.6 is 0 Å². The molecule has 1 rings (SSSR count). The lowest BCUT2D eigenvalue weighted by atomic mass is 9.80. The van der Waals surface area contributed by atoms with Crippen molar-refractivity contribution in [3.05, 3.63) is 0 Å². The van der Waals surface area contributed by atoms with Gasteiger partial charge in [-0.05, 0) is 19.4 Å². The highest BCUT2D eigenvalue weighted by Crippen LogP contribution is 2.31. The standard InChI is InChI=1S/C13H25N3O3S/c1-13(2,3)11-10(6-5-7-14)12(17)16(15-11)8-9-20(4,18)19/h10H,5-9,14H2,1-4H3. The molecule has 116 valence electrons. The van der Waals surface area contributed by atoms with E-state index in [0.717, 1.165) is 18.4 Å². The molecule has 1 atom stereocenters. The van der Waals surface area contributed by atoms with Crippen LogP contribution in [-0.4, -0.2) is 50.1 Å². The first kappa shape index (κ1) is 17.1. The fourth-order valence-corrected chi connectivity index (χ4v) is 2.72. The number of nitrogens with two attached hydrogens (primary N) is 1. The molecule has 0 spiro atoms. The molecule has 1 unspecified atom stereocenters. The smallest absolute Gasteiger partial charge is 0.251 e. The molecule has 0 radical (unpaired) electrons. The SMILES string of the molecule is CC(C)(C)C1=NN(CCS(C)(=O)=O)C(=O)C1CCCN. The van der Waals surface area contributed by atoms with Gasteiger partial charge in [0.2, 0.25) is 0 Å². The number of carbonyl (C=O) groups excluding carboxylic acids is 1. The second-order valence-electron chi connectivity index (χ2n) is 6.31. The fourth-order valence-electron chi connectivity index (χ4n) is 2.21. The van der Waals surface area contributed by atoms with Crippen molar-refractivity contribution in [2.75, 3.05) is 25.1 Å². The van der Waals surface area contributed by atoms with E-state index >= 15 is 0 Å². The van der Waals surface area contributed by atoms with Crippen LogP contribution in [0.4, 0.5) is 0 Å². The normalized spacial score (nSPS) is 20.4. The molecule has 7 heteroatoms. The largest absolute Gasteiger partial charge is 0.330 e. The van der Waals surface area contributed by atoms with E-state index in [2.05, 4.69) is 5.10 Å². The van der Waals surface area contributed by atoms with Gasteiger partial charge in [0.25, 0.3) is 5.91 Å². The molecular weight excluding hydrogens is 278 g/mol. The van der Waals surface area contributed by atoms with Gasteiger partial charge >= 0.3 is 0 Å². The van der Waals surface area contributed by atoms with Crippen molar-refractivity contribution in [3.8, 4) is 0 Å². The number of amides is 1. The van der Waals surface area contributed by atoms with Gasteiger partial charge in [-0.1, -0.05) is 20.8 Å². The summed E-state index contributed by atoms with van der Waals surface area (Å²) in [5.74, 6) is -0.436. The van der Waals surface area contributed by atoms with Crippen LogP contribution in [0.1, 0.15) is 33.6 Å². The molecule has 0 aromatic heterocycles. The fraction of sp³-hybridized carbons (Fsp3) is 0.846. The molecule has 1 aliphatic rings.